The van der Waals surface area contributed by atoms with Gasteiger partial charge in [0.2, 0.25) is 10.0 Å². The highest BCUT2D eigenvalue weighted by Crippen LogP contribution is 2.17. The summed E-state index contributed by atoms with van der Waals surface area (Å²) in [5, 5.41) is 2.77. The molecule has 1 amide bonds. The van der Waals surface area contributed by atoms with Gasteiger partial charge in [-0.1, -0.05) is 19.1 Å². The Labute approximate surface area is 156 Å². The molecule has 2 N–H and O–H groups in total. The van der Waals surface area contributed by atoms with Crippen molar-refractivity contribution in [3.05, 3.63) is 57.7 Å². The molecule has 0 saturated carbocycles. The second kappa shape index (κ2) is 8.09. The predicted molar refractivity (Wildman–Crippen MR) is 104 cm³/mol. The molecular formula is C17H19IN2O3S. The van der Waals surface area contributed by atoms with Gasteiger partial charge in [0, 0.05) is 15.3 Å². The molecule has 0 aliphatic carbocycles. The lowest BCUT2D eigenvalue weighted by Gasteiger charge is -2.12. The minimum atomic E-state index is -3.54. The summed E-state index contributed by atoms with van der Waals surface area (Å²) in [5.41, 5.74) is 1.12. The Kier molecular flexibility index (Phi) is 6.36. The van der Waals surface area contributed by atoms with Crippen LogP contribution in [0.2, 0.25) is 0 Å². The minimum Gasteiger partial charge on any atom is -0.322 e. The highest BCUT2D eigenvalue weighted by Gasteiger charge is 2.16. The van der Waals surface area contributed by atoms with E-state index in [1.165, 1.54) is 12.1 Å². The average Bonchev–Trinajstić information content (AvgIpc) is 2.55. The van der Waals surface area contributed by atoms with Crippen molar-refractivity contribution in [2.24, 2.45) is 0 Å². The number of anilines is 1. The first-order valence-corrected chi connectivity index (χ1v) is 10.1. The van der Waals surface area contributed by atoms with E-state index in [1.54, 1.807) is 24.3 Å². The van der Waals surface area contributed by atoms with Crippen molar-refractivity contribution in [3.8, 4) is 0 Å². The first-order chi connectivity index (χ1) is 11.3. The smallest absolute Gasteiger partial charge is 0.256 e. The minimum absolute atomic E-state index is 0.130. The summed E-state index contributed by atoms with van der Waals surface area (Å²) in [6, 6.07) is 13.3. The van der Waals surface area contributed by atoms with Crippen molar-refractivity contribution in [1.82, 2.24) is 4.72 Å². The molecule has 5 nitrogen and oxygen atoms in total. The van der Waals surface area contributed by atoms with Gasteiger partial charge in [0.05, 0.1) is 10.5 Å². The topological polar surface area (TPSA) is 75.3 Å². The second-order valence-corrected chi connectivity index (χ2v) is 8.27. The van der Waals surface area contributed by atoms with Crippen molar-refractivity contribution < 1.29 is 13.2 Å². The lowest BCUT2D eigenvalue weighted by Crippen LogP contribution is -2.31. The molecule has 2 aromatic rings. The zero-order valence-electron chi connectivity index (χ0n) is 13.4. The first-order valence-electron chi connectivity index (χ1n) is 7.51. The van der Waals surface area contributed by atoms with E-state index in [0.717, 1.165) is 3.57 Å². The van der Waals surface area contributed by atoms with Crippen LogP contribution in [0, 0.1) is 3.57 Å². The third-order valence-electron chi connectivity index (χ3n) is 3.51. The molecule has 0 aliphatic rings. The lowest BCUT2D eigenvalue weighted by atomic mass is 10.2. The van der Waals surface area contributed by atoms with Crippen molar-refractivity contribution >= 4 is 44.2 Å². The van der Waals surface area contributed by atoms with Crippen LogP contribution in [-0.4, -0.2) is 20.4 Å². The van der Waals surface area contributed by atoms with E-state index in [1.807, 2.05) is 26.0 Å². The molecule has 0 bridgehead atoms. The van der Waals surface area contributed by atoms with Crippen LogP contribution in [0.5, 0.6) is 0 Å². The fourth-order valence-electron chi connectivity index (χ4n) is 1.98. The Morgan fingerprint density at radius 3 is 2.33 bits per heavy atom. The Morgan fingerprint density at radius 2 is 1.75 bits per heavy atom. The quantitative estimate of drug-likeness (QED) is 0.650. The number of hydrogen-bond donors (Lipinski definition) is 2. The van der Waals surface area contributed by atoms with E-state index in [4.69, 9.17) is 0 Å². The number of hydrogen-bond acceptors (Lipinski definition) is 3. The summed E-state index contributed by atoms with van der Waals surface area (Å²) in [4.78, 5) is 12.4. The van der Waals surface area contributed by atoms with Gasteiger partial charge < -0.3 is 5.32 Å². The molecule has 128 valence electrons. The van der Waals surface area contributed by atoms with Crippen molar-refractivity contribution in [2.75, 3.05) is 5.32 Å². The maximum absolute atomic E-state index is 12.3. The summed E-state index contributed by atoms with van der Waals surface area (Å²) in [6.07, 6.45) is 0.711. The van der Waals surface area contributed by atoms with Gasteiger partial charge >= 0.3 is 0 Å². The van der Waals surface area contributed by atoms with Crippen LogP contribution in [0.25, 0.3) is 0 Å². The number of amides is 1. The monoisotopic (exact) mass is 458 g/mol. The maximum atomic E-state index is 12.3. The van der Waals surface area contributed by atoms with Gasteiger partial charge in [-0.2, -0.15) is 0 Å². The number of benzene rings is 2. The van der Waals surface area contributed by atoms with E-state index < -0.39 is 10.0 Å². The summed E-state index contributed by atoms with van der Waals surface area (Å²) in [6.45, 7) is 3.73. The molecule has 1 atom stereocenters. The molecule has 0 unspecified atom stereocenters. The summed E-state index contributed by atoms with van der Waals surface area (Å²) in [7, 11) is -3.54. The average molecular weight is 458 g/mol. The van der Waals surface area contributed by atoms with E-state index in [-0.39, 0.29) is 16.8 Å². The molecule has 0 radical (unpaired) electrons. The van der Waals surface area contributed by atoms with Gasteiger partial charge in [0.1, 0.15) is 0 Å². The van der Waals surface area contributed by atoms with Gasteiger partial charge in [-0.3, -0.25) is 4.79 Å². The number of nitrogens with one attached hydrogen (secondary N) is 2. The van der Waals surface area contributed by atoms with Crippen LogP contribution in [0.4, 0.5) is 5.69 Å². The zero-order valence-corrected chi connectivity index (χ0v) is 16.4. The number of carbonyl (C=O) groups is 1. The molecule has 0 spiro atoms. The normalized spacial score (nSPS) is 12.6. The summed E-state index contributed by atoms with van der Waals surface area (Å²) in [5.74, 6) is -0.228. The fraction of sp³-hybridized carbons (Fsp3) is 0.235. The highest BCUT2D eigenvalue weighted by atomic mass is 127. The van der Waals surface area contributed by atoms with Gasteiger partial charge in [-0.05, 0) is 72.3 Å². The van der Waals surface area contributed by atoms with Crippen molar-refractivity contribution in [2.45, 2.75) is 31.2 Å². The van der Waals surface area contributed by atoms with E-state index in [9.17, 15) is 13.2 Å². The molecule has 7 heteroatoms. The number of sulfonamides is 1. The second-order valence-electron chi connectivity index (χ2n) is 5.39. The van der Waals surface area contributed by atoms with Gasteiger partial charge in [0.25, 0.3) is 5.91 Å². The van der Waals surface area contributed by atoms with E-state index >= 15 is 0 Å². The molecule has 2 rings (SSSR count). The van der Waals surface area contributed by atoms with Crippen LogP contribution in [-0.2, 0) is 10.0 Å². The van der Waals surface area contributed by atoms with Gasteiger partial charge in [0.15, 0.2) is 0 Å². The molecule has 0 heterocycles. The SMILES string of the molecule is CC[C@@H](C)NS(=O)(=O)c1ccc(NC(=O)c2ccccc2I)cc1. The van der Waals surface area contributed by atoms with Gasteiger partial charge in [-0.15, -0.1) is 0 Å². The van der Waals surface area contributed by atoms with E-state index in [0.29, 0.717) is 17.7 Å². The number of carbonyl (C=O) groups excluding carboxylic acids is 1. The van der Waals surface area contributed by atoms with Gasteiger partial charge in [-0.25, -0.2) is 13.1 Å². The van der Waals surface area contributed by atoms with Crippen molar-refractivity contribution in [3.63, 3.8) is 0 Å². The molecule has 2 aromatic carbocycles. The van der Waals surface area contributed by atoms with E-state index in [2.05, 4.69) is 32.6 Å². The van der Waals surface area contributed by atoms with Crippen LogP contribution < -0.4 is 10.0 Å². The van der Waals surface area contributed by atoms with Crippen LogP contribution in [0.3, 0.4) is 0 Å². The van der Waals surface area contributed by atoms with Crippen LogP contribution in [0.1, 0.15) is 30.6 Å². The molecule has 0 saturated heterocycles. The Balaban J connectivity index is 2.13. The Hall–Kier alpha value is -1.45. The first kappa shape index (κ1) is 18.9. The zero-order chi connectivity index (χ0) is 17.7. The van der Waals surface area contributed by atoms with Crippen molar-refractivity contribution in [1.29, 1.82) is 0 Å². The standard InChI is InChI=1S/C17H19IN2O3S/c1-3-12(2)20-24(22,23)14-10-8-13(9-11-14)19-17(21)15-6-4-5-7-16(15)18/h4-12,20H,3H2,1-2H3,(H,19,21)/t12-/m1/s1. The third kappa shape index (κ3) is 4.78. The number of halogens is 1. The summed E-state index contributed by atoms with van der Waals surface area (Å²) < 4.78 is 27.9. The number of rotatable bonds is 6. The molecule has 24 heavy (non-hydrogen) atoms. The Morgan fingerprint density at radius 1 is 1.12 bits per heavy atom. The fourth-order valence-corrected chi connectivity index (χ4v) is 3.94. The maximum Gasteiger partial charge on any atom is 0.256 e. The third-order valence-corrected chi connectivity index (χ3v) is 6.06. The Bertz CT molecular complexity index is 820. The predicted octanol–water partition coefficient (Wildman–Crippen LogP) is 3.62. The molecule has 0 aliphatic heterocycles. The molecule has 0 aromatic heterocycles. The molecular weight excluding hydrogens is 439 g/mol. The largest absolute Gasteiger partial charge is 0.322 e. The lowest BCUT2D eigenvalue weighted by molar-refractivity contribution is 0.102. The molecule has 0 fully saturated rings. The summed E-state index contributed by atoms with van der Waals surface area (Å²) >= 11 is 2.10. The van der Waals surface area contributed by atoms with Crippen LogP contribution >= 0.6 is 22.6 Å². The highest BCUT2D eigenvalue weighted by molar-refractivity contribution is 14.1. The van der Waals surface area contributed by atoms with Crippen LogP contribution in [0.15, 0.2) is 53.4 Å².